The summed E-state index contributed by atoms with van der Waals surface area (Å²) in [6.07, 6.45) is 0. The van der Waals surface area contributed by atoms with Gasteiger partial charge in [-0.25, -0.2) is 13.8 Å². The van der Waals surface area contributed by atoms with Crippen molar-refractivity contribution < 1.29 is 13.5 Å². The smallest absolute Gasteiger partial charge is 0.231 e. The van der Waals surface area contributed by atoms with Gasteiger partial charge in [0.1, 0.15) is 11.6 Å². The summed E-state index contributed by atoms with van der Waals surface area (Å²) in [5, 5.41) is 9.74. The highest BCUT2D eigenvalue weighted by Gasteiger charge is 2.53. The lowest BCUT2D eigenvalue weighted by molar-refractivity contribution is -0.142. The molecule has 3 fully saturated rings. The quantitative estimate of drug-likeness (QED) is 0.531. The third kappa shape index (κ3) is 3.57. The van der Waals surface area contributed by atoms with E-state index in [9.17, 15) is 8.78 Å². The highest BCUT2D eigenvalue weighted by molar-refractivity contribution is 6.30. The maximum absolute atomic E-state index is 14.9. The Morgan fingerprint density at radius 2 is 1.81 bits per heavy atom. The van der Waals surface area contributed by atoms with E-state index in [2.05, 4.69) is 34.4 Å². The molecule has 0 bridgehead atoms. The minimum atomic E-state index is -1.32. The maximum Gasteiger partial charge on any atom is 0.231 e. The largest absolute Gasteiger partial charge is 0.375 e. The van der Waals surface area contributed by atoms with Crippen LogP contribution in [-0.2, 0) is 17.8 Å². The summed E-state index contributed by atoms with van der Waals surface area (Å²) in [5.41, 5.74) is 1.27. The van der Waals surface area contributed by atoms with Crippen LogP contribution in [0.1, 0.15) is 17.1 Å². The van der Waals surface area contributed by atoms with Crippen LogP contribution in [0.2, 0.25) is 5.02 Å². The van der Waals surface area contributed by atoms with Crippen LogP contribution in [-0.4, -0.2) is 76.3 Å². The summed E-state index contributed by atoms with van der Waals surface area (Å²) in [7, 11) is 0. The van der Waals surface area contributed by atoms with Crippen molar-refractivity contribution in [2.75, 3.05) is 55.7 Å². The zero-order chi connectivity index (χ0) is 24.7. The Kier molecular flexibility index (Phi) is 4.87. The van der Waals surface area contributed by atoms with Crippen molar-refractivity contribution in [1.29, 1.82) is 0 Å². The molecule has 7 rings (SSSR count). The minimum absolute atomic E-state index is 0.129. The van der Waals surface area contributed by atoms with Gasteiger partial charge in [-0.2, -0.15) is 0 Å². The average molecular weight is 514 g/mol. The molecule has 3 aromatic rings. The van der Waals surface area contributed by atoms with E-state index in [-0.39, 0.29) is 31.0 Å². The van der Waals surface area contributed by atoms with Crippen molar-refractivity contribution in [3.05, 3.63) is 58.3 Å². The van der Waals surface area contributed by atoms with E-state index < -0.39 is 5.67 Å². The number of ether oxygens (including phenoxy) is 1. The lowest BCUT2D eigenvalue weighted by atomic mass is 9.73. The molecule has 2 aromatic heterocycles. The van der Waals surface area contributed by atoms with Crippen LogP contribution in [0.4, 0.5) is 20.5 Å². The Morgan fingerprint density at radius 3 is 2.53 bits per heavy atom. The lowest BCUT2D eigenvalue weighted by Crippen LogP contribution is -2.73. The number of anilines is 2. The molecule has 0 saturated carbocycles. The SMILES string of the molecule is Cc1nc(N2CC3(C2)CN(c2nnc4n2-c2ccc(Cl)cc2CN(CC2(F)COC2)C4)C3)ccc1F. The molecule has 4 aliphatic heterocycles. The van der Waals surface area contributed by atoms with E-state index in [1.165, 1.54) is 6.07 Å². The first-order valence-electron chi connectivity index (χ1n) is 12.2. The molecule has 6 heterocycles. The Balaban J connectivity index is 1.12. The normalized spacial score (nSPS) is 21.8. The molecule has 1 spiro atoms. The number of hydrogen-bond donors (Lipinski definition) is 0. The second kappa shape index (κ2) is 7.84. The van der Waals surface area contributed by atoms with E-state index in [0.29, 0.717) is 23.8 Å². The van der Waals surface area contributed by atoms with Crippen LogP contribution >= 0.6 is 11.6 Å². The molecule has 188 valence electrons. The highest BCUT2D eigenvalue weighted by Crippen LogP contribution is 2.44. The number of aromatic nitrogens is 4. The summed E-state index contributed by atoms with van der Waals surface area (Å²) in [4.78, 5) is 10.9. The summed E-state index contributed by atoms with van der Waals surface area (Å²) >= 11 is 6.34. The van der Waals surface area contributed by atoms with Gasteiger partial charge in [-0.05, 0) is 42.8 Å². The van der Waals surface area contributed by atoms with Gasteiger partial charge in [0.2, 0.25) is 5.95 Å². The molecule has 3 saturated heterocycles. The second-order valence-corrected chi connectivity index (χ2v) is 11.2. The number of benzene rings is 1. The number of nitrogens with zero attached hydrogens (tertiary/aromatic N) is 7. The Hall–Kier alpha value is -2.82. The van der Waals surface area contributed by atoms with Gasteiger partial charge in [0.05, 0.1) is 31.1 Å². The van der Waals surface area contributed by atoms with Crippen LogP contribution in [0.3, 0.4) is 0 Å². The molecule has 0 unspecified atom stereocenters. The van der Waals surface area contributed by atoms with Gasteiger partial charge >= 0.3 is 0 Å². The van der Waals surface area contributed by atoms with Crippen molar-refractivity contribution in [2.24, 2.45) is 5.41 Å². The molecule has 0 radical (unpaired) electrons. The van der Waals surface area contributed by atoms with Crippen molar-refractivity contribution in [2.45, 2.75) is 25.7 Å². The standard InChI is InChI=1S/C25H26ClF2N7O/c1-16-19(27)3-5-21(29-16)33-9-24(10-33)11-34(12-24)23-31-30-22-8-32(13-25(28)14-36-15-25)7-17-6-18(26)2-4-20(17)35(22)23/h2-6H,7-15H2,1H3. The molecule has 0 aliphatic carbocycles. The van der Waals surface area contributed by atoms with Crippen LogP contribution in [0, 0.1) is 18.2 Å². The molecular formula is C25H26ClF2N7O. The van der Waals surface area contributed by atoms with Crippen LogP contribution in [0.15, 0.2) is 30.3 Å². The Morgan fingerprint density at radius 1 is 1.03 bits per heavy atom. The Labute approximate surface area is 212 Å². The fourth-order valence-electron chi connectivity index (χ4n) is 5.92. The van der Waals surface area contributed by atoms with Crippen LogP contribution < -0.4 is 9.80 Å². The number of aryl methyl sites for hydroxylation is 1. The van der Waals surface area contributed by atoms with E-state index in [4.69, 9.17) is 16.3 Å². The van der Waals surface area contributed by atoms with Crippen molar-refractivity contribution >= 4 is 23.4 Å². The number of fused-ring (bicyclic) bond motifs is 3. The summed E-state index contributed by atoms with van der Waals surface area (Å²) in [6.45, 7) is 6.77. The number of halogens is 3. The zero-order valence-electron chi connectivity index (χ0n) is 19.9. The van der Waals surface area contributed by atoms with Gasteiger partial charge in [-0.15, -0.1) is 10.2 Å². The fourth-order valence-corrected chi connectivity index (χ4v) is 6.12. The molecular weight excluding hydrogens is 488 g/mol. The van der Waals surface area contributed by atoms with Crippen LogP contribution in [0.5, 0.6) is 0 Å². The molecule has 0 N–H and O–H groups in total. The molecule has 11 heteroatoms. The predicted octanol–water partition coefficient (Wildman–Crippen LogP) is 3.14. The Bertz CT molecular complexity index is 1350. The summed E-state index contributed by atoms with van der Waals surface area (Å²) < 4.78 is 35.7. The molecule has 36 heavy (non-hydrogen) atoms. The monoisotopic (exact) mass is 513 g/mol. The van der Waals surface area contributed by atoms with E-state index in [1.807, 2.05) is 18.2 Å². The first-order valence-corrected chi connectivity index (χ1v) is 12.5. The molecule has 1 aromatic carbocycles. The summed E-state index contributed by atoms with van der Waals surface area (Å²) in [6, 6.07) is 9.05. The maximum atomic E-state index is 14.9. The number of rotatable bonds is 4. The van der Waals surface area contributed by atoms with Crippen molar-refractivity contribution in [1.82, 2.24) is 24.6 Å². The number of alkyl halides is 1. The van der Waals surface area contributed by atoms with Crippen molar-refractivity contribution in [3.63, 3.8) is 0 Å². The second-order valence-electron chi connectivity index (χ2n) is 10.8. The number of hydrogen-bond acceptors (Lipinski definition) is 7. The highest BCUT2D eigenvalue weighted by atomic mass is 35.5. The van der Waals surface area contributed by atoms with Gasteiger partial charge in [0, 0.05) is 49.7 Å². The van der Waals surface area contributed by atoms with E-state index in [1.54, 1.807) is 13.0 Å². The third-order valence-corrected chi connectivity index (χ3v) is 7.94. The molecule has 8 nitrogen and oxygen atoms in total. The first kappa shape index (κ1) is 22.4. The first-order chi connectivity index (χ1) is 17.3. The fraction of sp³-hybridized carbons (Fsp3) is 0.480. The lowest BCUT2D eigenvalue weighted by Gasteiger charge is -2.60. The van der Waals surface area contributed by atoms with Gasteiger partial charge in [-0.1, -0.05) is 11.6 Å². The van der Waals surface area contributed by atoms with Crippen molar-refractivity contribution in [3.8, 4) is 5.69 Å². The van der Waals surface area contributed by atoms with Gasteiger partial charge < -0.3 is 14.5 Å². The minimum Gasteiger partial charge on any atom is -0.375 e. The topological polar surface area (TPSA) is 62.6 Å². The van der Waals surface area contributed by atoms with Gasteiger partial charge in [0.25, 0.3) is 0 Å². The zero-order valence-corrected chi connectivity index (χ0v) is 20.7. The molecule has 0 atom stereocenters. The summed E-state index contributed by atoms with van der Waals surface area (Å²) in [5.74, 6) is 2.14. The number of pyridine rings is 1. The molecule has 4 aliphatic rings. The van der Waals surface area contributed by atoms with E-state index >= 15 is 0 Å². The third-order valence-electron chi connectivity index (χ3n) is 7.70. The van der Waals surface area contributed by atoms with Crippen LogP contribution in [0.25, 0.3) is 5.69 Å². The molecule has 0 amide bonds. The average Bonchev–Trinajstić information content (AvgIpc) is 3.09. The van der Waals surface area contributed by atoms with Gasteiger partial charge in [-0.3, -0.25) is 9.47 Å². The predicted molar refractivity (Wildman–Crippen MR) is 131 cm³/mol. The van der Waals surface area contributed by atoms with E-state index in [0.717, 1.165) is 55.0 Å². The van der Waals surface area contributed by atoms with Gasteiger partial charge in [0.15, 0.2) is 11.5 Å².